The molecule has 1 radical (unpaired) electrons. The zero-order valence-electron chi connectivity index (χ0n) is 17.4. The van der Waals surface area contributed by atoms with Gasteiger partial charge in [0.05, 0.1) is 5.75 Å². The molecular formula is C18H30FKN3O3S. The van der Waals surface area contributed by atoms with E-state index in [1.807, 2.05) is 51.4 Å². The molecule has 0 atom stereocenters. The minimum absolute atomic E-state index is 0. The van der Waals surface area contributed by atoms with Crippen molar-refractivity contribution in [2.24, 2.45) is 0 Å². The SMILES string of the molecule is CC(C)c1cc(F)cc(C(C)C)c1NC(=O)NS(=O)(=O)CCCN(C)C.[K]. The zero-order valence-corrected chi connectivity index (χ0v) is 21.3. The van der Waals surface area contributed by atoms with Gasteiger partial charge in [0.1, 0.15) is 5.82 Å². The molecule has 0 aliphatic carbocycles. The van der Waals surface area contributed by atoms with Crippen LogP contribution in [0.3, 0.4) is 0 Å². The van der Waals surface area contributed by atoms with Crippen LogP contribution in [-0.2, 0) is 10.0 Å². The molecule has 0 aliphatic heterocycles. The van der Waals surface area contributed by atoms with Gasteiger partial charge in [0.15, 0.2) is 0 Å². The number of rotatable bonds is 8. The van der Waals surface area contributed by atoms with Gasteiger partial charge in [-0.25, -0.2) is 22.3 Å². The van der Waals surface area contributed by atoms with E-state index in [2.05, 4.69) is 5.32 Å². The number of halogens is 1. The Morgan fingerprint density at radius 1 is 1.11 bits per heavy atom. The van der Waals surface area contributed by atoms with Gasteiger partial charge in [-0.1, -0.05) is 27.7 Å². The first-order valence-electron chi connectivity index (χ1n) is 8.72. The van der Waals surface area contributed by atoms with E-state index in [-0.39, 0.29) is 74.8 Å². The fourth-order valence-corrected chi connectivity index (χ4v) is 3.55. The third-order valence-corrected chi connectivity index (χ3v) is 5.24. The first-order chi connectivity index (χ1) is 11.9. The van der Waals surface area contributed by atoms with Gasteiger partial charge >= 0.3 is 6.03 Å². The van der Waals surface area contributed by atoms with Crippen molar-refractivity contribution in [3.05, 3.63) is 29.1 Å². The molecule has 1 aromatic carbocycles. The number of carbonyl (C=O) groups excluding carboxylic acids is 1. The Morgan fingerprint density at radius 2 is 1.59 bits per heavy atom. The Hall–Kier alpha value is -0.0336. The maximum absolute atomic E-state index is 13.9. The number of sulfonamides is 1. The van der Waals surface area contributed by atoms with Crippen LogP contribution in [0, 0.1) is 5.82 Å². The van der Waals surface area contributed by atoms with E-state index in [1.54, 1.807) is 0 Å². The number of hydrogen-bond acceptors (Lipinski definition) is 4. The molecule has 1 aromatic rings. The topological polar surface area (TPSA) is 78.5 Å². The zero-order chi connectivity index (χ0) is 20.1. The van der Waals surface area contributed by atoms with Crippen LogP contribution in [0.25, 0.3) is 0 Å². The quantitative estimate of drug-likeness (QED) is 0.626. The van der Waals surface area contributed by atoms with E-state index in [1.165, 1.54) is 12.1 Å². The fourth-order valence-electron chi connectivity index (χ4n) is 2.61. The van der Waals surface area contributed by atoms with Crippen LogP contribution >= 0.6 is 0 Å². The van der Waals surface area contributed by atoms with Gasteiger partial charge in [-0.05, 0) is 62.2 Å². The van der Waals surface area contributed by atoms with Gasteiger partial charge in [0, 0.05) is 57.1 Å². The van der Waals surface area contributed by atoms with Gasteiger partial charge < -0.3 is 10.2 Å². The number of anilines is 1. The number of hydrogen-bond donors (Lipinski definition) is 2. The Morgan fingerprint density at radius 3 is 2.00 bits per heavy atom. The number of amides is 2. The monoisotopic (exact) mass is 426 g/mol. The standard InChI is InChI=1S/C18H30FN3O3S.K/c1-12(2)15-10-14(19)11-16(13(3)4)17(15)20-18(23)21-26(24,25)9-7-8-22(5)6;/h10-13H,7-9H2,1-6H3,(H2,20,21,23);. The van der Waals surface area contributed by atoms with Crippen LogP contribution in [0.5, 0.6) is 0 Å². The van der Waals surface area contributed by atoms with E-state index < -0.39 is 16.1 Å². The van der Waals surface area contributed by atoms with E-state index in [0.717, 1.165) is 0 Å². The second kappa shape index (κ2) is 11.8. The summed E-state index contributed by atoms with van der Waals surface area (Å²) >= 11 is 0. The van der Waals surface area contributed by atoms with Gasteiger partial charge in [0.25, 0.3) is 0 Å². The summed E-state index contributed by atoms with van der Waals surface area (Å²) in [5.74, 6) is -0.583. The first kappa shape index (κ1) is 27.0. The Bertz CT molecular complexity index is 708. The molecule has 149 valence electrons. The van der Waals surface area contributed by atoms with Crippen LogP contribution in [0.4, 0.5) is 14.9 Å². The van der Waals surface area contributed by atoms with E-state index >= 15 is 0 Å². The molecule has 6 nitrogen and oxygen atoms in total. The molecule has 0 bridgehead atoms. The first-order valence-corrected chi connectivity index (χ1v) is 10.4. The van der Waals surface area contributed by atoms with Gasteiger partial charge in [-0.2, -0.15) is 0 Å². The smallest absolute Gasteiger partial charge is 0.309 e. The average Bonchev–Trinajstić information content (AvgIpc) is 2.46. The molecule has 0 saturated heterocycles. The fraction of sp³-hybridized carbons (Fsp3) is 0.611. The third-order valence-electron chi connectivity index (χ3n) is 3.91. The van der Waals surface area contributed by atoms with Crippen LogP contribution in [0.15, 0.2) is 12.1 Å². The molecule has 9 heteroatoms. The maximum Gasteiger partial charge on any atom is 0.332 e. The summed E-state index contributed by atoms with van der Waals surface area (Å²) in [4.78, 5) is 14.1. The number of carbonyl (C=O) groups is 1. The molecule has 0 spiro atoms. The van der Waals surface area contributed by atoms with Crippen LogP contribution < -0.4 is 10.0 Å². The van der Waals surface area contributed by atoms with Crippen molar-refractivity contribution in [2.45, 2.75) is 46.0 Å². The molecule has 0 saturated carbocycles. The summed E-state index contributed by atoms with van der Waals surface area (Å²) in [5, 5.41) is 2.62. The van der Waals surface area contributed by atoms with E-state index in [0.29, 0.717) is 29.8 Å². The van der Waals surface area contributed by atoms with Crippen LogP contribution in [-0.4, -0.2) is 97.1 Å². The molecule has 2 amide bonds. The van der Waals surface area contributed by atoms with Gasteiger partial charge in [-0.3, -0.25) is 0 Å². The Kier molecular flexibility index (Phi) is 11.8. The largest absolute Gasteiger partial charge is 0.332 e. The van der Waals surface area contributed by atoms with Crippen molar-refractivity contribution in [3.63, 3.8) is 0 Å². The second-order valence-corrected chi connectivity index (χ2v) is 9.14. The Balaban J connectivity index is 0.00000676. The minimum atomic E-state index is -3.73. The van der Waals surface area contributed by atoms with Gasteiger partial charge in [0.2, 0.25) is 10.0 Å². The molecule has 0 heterocycles. The third kappa shape index (κ3) is 9.34. The van der Waals surface area contributed by atoms with E-state index in [4.69, 9.17) is 0 Å². The minimum Gasteiger partial charge on any atom is -0.309 e. The molecular weight excluding hydrogens is 396 g/mol. The predicted molar refractivity (Wildman–Crippen MR) is 109 cm³/mol. The van der Waals surface area contributed by atoms with Crippen molar-refractivity contribution in [1.29, 1.82) is 0 Å². The molecule has 0 unspecified atom stereocenters. The summed E-state index contributed by atoms with van der Waals surface area (Å²) in [6.07, 6.45) is 0.417. The Labute approximate surface area is 205 Å². The average molecular weight is 427 g/mol. The number of nitrogens with one attached hydrogen (secondary N) is 2. The van der Waals surface area contributed by atoms with Crippen molar-refractivity contribution < 1.29 is 17.6 Å². The predicted octanol–water partition coefficient (Wildman–Crippen LogP) is 3.09. The van der Waals surface area contributed by atoms with Crippen molar-refractivity contribution in [3.8, 4) is 0 Å². The molecule has 0 aliphatic rings. The number of nitrogens with zero attached hydrogens (tertiary/aromatic N) is 1. The van der Waals surface area contributed by atoms with Gasteiger partial charge in [-0.15, -0.1) is 0 Å². The normalized spacial score (nSPS) is 11.6. The number of benzene rings is 1. The summed E-state index contributed by atoms with van der Waals surface area (Å²) in [7, 11) is -0.0350. The summed E-state index contributed by atoms with van der Waals surface area (Å²) in [6, 6.07) is 1.92. The number of urea groups is 1. The maximum atomic E-state index is 13.9. The van der Waals surface area contributed by atoms with Crippen LogP contribution in [0.2, 0.25) is 0 Å². The van der Waals surface area contributed by atoms with E-state index in [9.17, 15) is 17.6 Å². The van der Waals surface area contributed by atoms with Crippen molar-refractivity contribution in [1.82, 2.24) is 9.62 Å². The molecule has 1 rings (SSSR count). The van der Waals surface area contributed by atoms with Crippen LogP contribution in [0.1, 0.15) is 57.1 Å². The summed E-state index contributed by atoms with van der Waals surface area (Å²) < 4.78 is 40.1. The summed E-state index contributed by atoms with van der Waals surface area (Å²) in [6.45, 7) is 8.16. The molecule has 2 N–H and O–H groups in total. The molecule has 27 heavy (non-hydrogen) atoms. The second-order valence-electron chi connectivity index (χ2n) is 7.30. The summed E-state index contributed by atoms with van der Waals surface area (Å²) in [5.41, 5.74) is 1.74. The molecule has 0 aromatic heterocycles. The molecule has 0 fully saturated rings. The van der Waals surface area contributed by atoms with Crippen molar-refractivity contribution >= 4 is 73.1 Å². The van der Waals surface area contributed by atoms with Crippen molar-refractivity contribution in [2.75, 3.05) is 31.7 Å².